The lowest BCUT2D eigenvalue weighted by Gasteiger charge is -2.06. The van der Waals surface area contributed by atoms with Gasteiger partial charge < -0.3 is 9.84 Å². The number of aliphatic carboxylic acids is 1. The molecule has 15 heavy (non-hydrogen) atoms. The fraction of sp³-hybridized carbons (Fsp3) is 0.182. The molecule has 0 radical (unpaired) electrons. The zero-order chi connectivity index (χ0) is 11.3. The number of carboxylic acid groups (broad SMARTS) is 1. The van der Waals surface area contributed by atoms with Crippen LogP contribution in [-0.2, 0) is 11.2 Å². The van der Waals surface area contributed by atoms with Crippen LogP contribution < -0.4 is 4.74 Å². The summed E-state index contributed by atoms with van der Waals surface area (Å²) in [6.45, 7) is 4.01. The van der Waals surface area contributed by atoms with Crippen LogP contribution in [0, 0.1) is 3.57 Å². The molecular weight excluding hydrogens is 307 g/mol. The third-order valence-electron chi connectivity index (χ3n) is 1.71. The first kappa shape index (κ1) is 12.0. The van der Waals surface area contributed by atoms with Gasteiger partial charge in [-0.2, -0.15) is 0 Å². The van der Waals surface area contributed by atoms with Gasteiger partial charge in [-0.25, -0.2) is 0 Å². The number of halogens is 1. The second-order valence-corrected chi connectivity index (χ2v) is 4.10. The molecule has 80 valence electrons. The quantitative estimate of drug-likeness (QED) is 0.670. The topological polar surface area (TPSA) is 46.5 Å². The third kappa shape index (κ3) is 3.91. The molecule has 1 aromatic carbocycles. The SMILES string of the molecule is C=CCOc1ccc(CC(=O)O)cc1I. The lowest BCUT2D eigenvalue weighted by molar-refractivity contribution is -0.136. The molecule has 0 bridgehead atoms. The maximum atomic E-state index is 10.5. The van der Waals surface area contributed by atoms with Crippen molar-refractivity contribution in [2.45, 2.75) is 6.42 Å². The number of carbonyl (C=O) groups is 1. The molecule has 0 saturated heterocycles. The minimum absolute atomic E-state index is 0.0394. The van der Waals surface area contributed by atoms with Crippen molar-refractivity contribution in [1.29, 1.82) is 0 Å². The molecule has 1 aromatic rings. The predicted octanol–water partition coefficient (Wildman–Crippen LogP) is 2.48. The van der Waals surface area contributed by atoms with Gasteiger partial charge in [0.2, 0.25) is 0 Å². The van der Waals surface area contributed by atoms with E-state index < -0.39 is 5.97 Å². The van der Waals surface area contributed by atoms with Crippen molar-refractivity contribution in [3.63, 3.8) is 0 Å². The Morgan fingerprint density at radius 2 is 2.33 bits per heavy atom. The summed E-state index contributed by atoms with van der Waals surface area (Å²) in [5, 5.41) is 8.62. The van der Waals surface area contributed by atoms with Crippen LogP contribution in [0.15, 0.2) is 30.9 Å². The predicted molar refractivity (Wildman–Crippen MR) is 66.2 cm³/mol. The molecule has 0 aliphatic heterocycles. The average molecular weight is 318 g/mol. The summed E-state index contributed by atoms with van der Waals surface area (Å²) in [6, 6.07) is 5.35. The first-order valence-electron chi connectivity index (χ1n) is 4.37. The summed E-state index contributed by atoms with van der Waals surface area (Å²) in [5.74, 6) is -0.0739. The van der Waals surface area contributed by atoms with Gasteiger partial charge in [-0.15, -0.1) is 0 Å². The Bertz CT molecular complexity index is 374. The molecule has 0 aliphatic carbocycles. The summed E-state index contributed by atoms with van der Waals surface area (Å²) in [7, 11) is 0. The maximum Gasteiger partial charge on any atom is 0.307 e. The van der Waals surface area contributed by atoms with E-state index in [9.17, 15) is 4.79 Å². The zero-order valence-corrected chi connectivity index (χ0v) is 10.2. The summed E-state index contributed by atoms with van der Waals surface area (Å²) in [4.78, 5) is 10.5. The van der Waals surface area contributed by atoms with E-state index in [2.05, 4.69) is 29.2 Å². The molecule has 0 saturated carbocycles. The van der Waals surface area contributed by atoms with Crippen molar-refractivity contribution in [3.05, 3.63) is 40.0 Å². The molecule has 1 N–H and O–H groups in total. The van der Waals surface area contributed by atoms with Crippen LogP contribution in [0.1, 0.15) is 5.56 Å². The third-order valence-corrected chi connectivity index (χ3v) is 2.55. The van der Waals surface area contributed by atoms with Crippen LogP contribution in [0.2, 0.25) is 0 Å². The van der Waals surface area contributed by atoms with E-state index in [1.54, 1.807) is 18.2 Å². The van der Waals surface area contributed by atoms with Gasteiger partial charge >= 0.3 is 5.97 Å². The fourth-order valence-electron chi connectivity index (χ4n) is 1.09. The molecule has 0 fully saturated rings. The Balaban J connectivity index is 2.78. The molecule has 0 unspecified atom stereocenters. The molecule has 3 nitrogen and oxygen atoms in total. The second kappa shape index (κ2) is 5.75. The van der Waals surface area contributed by atoms with Crippen molar-refractivity contribution in [3.8, 4) is 5.75 Å². The molecule has 0 atom stereocenters. The maximum absolute atomic E-state index is 10.5. The van der Waals surface area contributed by atoms with Gasteiger partial charge in [-0.1, -0.05) is 18.7 Å². The van der Waals surface area contributed by atoms with Gasteiger partial charge in [0.15, 0.2) is 0 Å². The number of carboxylic acids is 1. The highest BCUT2D eigenvalue weighted by molar-refractivity contribution is 14.1. The summed E-state index contributed by atoms with van der Waals surface area (Å²) < 4.78 is 6.28. The Labute approximate surface area is 102 Å². The summed E-state index contributed by atoms with van der Waals surface area (Å²) in [5.41, 5.74) is 0.776. The highest BCUT2D eigenvalue weighted by Gasteiger charge is 2.04. The van der Waals surface area contributed by atoms with Crippen molar-refractivity contribution >= 4 is 28.6 Å². The van der Waals surface area contributed by atoms with Crippen LogP contribution in [0.5, 0.6) is 5.75 Å². The normalized spacial score (nSPS) is 9.67. The standard InChI is InChI=1S/C11H11IO3/c1-2-5-15-10-4-3-8(6-9(10)12)7-11(13)14/h2-4,6H,1,5,7H2,(H,13,14). The monoisotopic (exact) mass is 318 g/mol. The largest absolute Gasteiger partial charge is 0.488 e. The van der Waals surface area contributed by atoms with Gasteiger partial charge in [0.05, 0.1) is 9.99 Å². The molecule has 0 aliphatic rings. The molecule has 0 heterocycles. The van der Waals surface area contributed by atoms with Gasteiger partial charge in [-0.3, -0.25) is 4.79 Å². The molecule has 1 rings (SSSR count). The van der Waals surface area contributed by atoms with Crippen LogP contribution in [0.4, 0.5) is 0 Å². The number of ether oxygens (including phenoxy) is 1. The van der Waals surface area contributed by atoms with Crippen molar-refractivity contribution in [2.75, 3.05) is 6.61 Å². The Kier molecular flexibility index (Phi) is 4.61. The fourth-order valence-corrected chi connectivity index (χ4v) is 1.83. The van der Waals surface area contributed by atoms with Crippen LogP contribution in [-0.4, -0.2) is 17.7 Å². The zero-order valence-electron chi connectivity index (χ0n) is 8.07. The summed E-state index contributed by atoms with van der Waals surface area (Å²) >= 11 is 2.12. The molecular formula is C11H11IO3. The smallest absolute Gasteiger partial charge is 0.307 e. The first-order valence-corrected chi connectivity index (χ1v) is 5.45. The molecule has 0 spiro atoms. The van der Waals surface area contributed by atoms with Crippen molar-refractivity contribution in [2.24, 2.45) is 0 Å². The van der Waals surface area contributed by atoms with Crippen molar-refractivity contribution < 1.29 is 14.6 Å². The van der Waals surface area contributed by atoms with Gasteiger partial charge in [0.25, 0.3) is 0 Å². The van der Waals surface area contributed by atoms with Crippen molar-refractivity contribution in [1.82, 2.24) is 0 Å². The van der Waals surface area contributed by atoms with E-state index in [1.165, 1.54) is 0 Å². The van der Waals surface area contributed by atoms with E-state index in [1.807, 2.05) is 6.07 Å². The minimum Gasteiger partial charge on any atom is -0.488 e. The number of hydrogen-bond acceptors (Lipinski definition) is 2. The summed E-state index contributed by atoms with van der Waals surface area (Å²) in [6.07, 6.45) is 1.71. The van der Waals surface area contributed by atoms with Crippen LogP contribution >= 0.6 is 22.6 Å². The number of benzene rings is 1. The van der Waals surface area contributed by atoms with Gasteiger partial charge in [-0.05, 0) is 40.3 Å². The van der Waals surface area contributed by atoms with E-state index in [-0.39, 0.29) is 6.42 Å². The van der Waals surface area contributed by atoms with Crippen LogP contribution in [0.25, 0.3) is 0 Å². The second-order valence-electron chi connectivity index (χ2n) is 2.93. The molecule has 0 amide bonds. The van der Waals surface area contributed by atoms with E-state index in [0.717, 1.165) is 14.9 Å². The Hall–Kier alpha value is -1.04. The Morgan fingerprint density at radius 1 is 1.60 bits per heavy atom. The van der Waals surface area contributed by atoms with Gasteiger partial charge in [0, 0.05) is 0 Å². The molecule has 0 aromatic heterocycles. The minimum atomic E-state index is -0.828. The lowest BCUT2D eigenvalue weighted by Crippen LogP contribution is -2.01. The van der Waals surface area contributed by atoms with E-state index >= 15 is 0 Å². The number of hydrogen-bond donors (Lipinski definition) is 1. The lowest BCUT2D eigenvalue weighted by atomic mass is 10.1. The van der Waals surface area contributed by atoms with Crippen LogP contribution in [0.3, 0.4) is 0 Å². The number of rotatable bonds is 5. The van der Waals surface area contributed by atoms with E-state index in [0.29, 0.717) is 6.61 Å². The Morgan fingerprint density at radius 3 is 2.87 bits per heavy atom. The highest BCUT2D eigenvalue weighted by Crippen LogP contribution is 2.22. The first-order chi connectivity index (χ1) is 7.13. The molecule has 4 heteroatoms. The average Bonchev–Trinajstić information content (AvgIpc) is 2.15. The van der Waals surface area contributed by atoms with Gasteiger partial charge in [0.1, 0.15) is 12.4 Å². The van der Waals surface area contributed by atoms with E-state index in [4.69, 9.17) is 9.84 Å². The highest BCUT2D eigenvalue weighted by atomic mass is 127.